The number of aromatic nitrogens is 2. The van der Waals surface area contributed by atoms with E-state index in [4.69, 9.17) is 9.26 Å². The molecular weight excluding hydrogens is 310 g/mol. The number of likely N-dealkylation sites (tertiary alicyclic amines) is 1. The van der Waals surface area contributed by atoms with Gasteiger partial charge in [-0.15, -0.1) is 0 Å². The van der Waals surface area contributed by atoms with Crippen molar-refractivity contribution in [3.8, 4) is 0 Å². The van der Waals surface area contributed by atoms with Crippen LogP contribution in [0.25, 0.3) is 0 Å². The van der Waals surface area contributed by atoms with Crippen molar-refractivity contribution in [2.45, 2.75) is 65.0 Å². The van der Waals surface area contributed by atoms with Gasteiger partial charge in [-0.3, -0.25) is 9.59 Å². The molecule has 1 amide bonds. The number of esters is 1. The van der Waals surface area contributed by atoms with Crippen LogP contribution in [0.1, 0.15) is 63.8 Å². The van der Waals surface area contributed by atoms with Crippen molar-refractivity contribution >= 4 is 11.9 Å². The van der Waals surface area contributed by atoms with Crippen LogP contribution in [0.2, 0.25) is 0 Å². The highest BCUT2D eigenvalue weighted by atomic mass is 16.6. The van der Waals surface area contributed by atoms with Gasteiger partial charge in [-0.05, 0) is 45.4 Å². The molecule has 2 fully saturated rings. The Hall–Kier alpha value is -1.92. The van der Waals surface area contributed by atoms with E-state index in [0.717, 1.165) is 31.6 Å². The SMILES string of the molecule is Cc1noc([C@H](C)OC(=O)[C@H]2CC(=O)N(C3CCC(C)CC3)C2)n1. The standard InChI is InChI=1S/C17H25N3O4/c1-10-4-6-14(7-5-10)20-9-13(8-15(20)21)17(22)23-11(2)16-18-12(3)19-24-16/h10-11,13-14H,4-9H2,1-3H3/t10?,11-,13-,14?/m0/s1. The molecule has 1 saturated carbocycles. The van der Waals surface area contributed by atoms with Gasteiger partial charge in [-0.1, -0.05) is 12.1 Å². The maximum atomic E-state index is 12.4. The van der Waals surface area contributed by atoms with Gasteiger partial charge in [0.2, 0.25) is 5.91 Å². The van der Waals surface area contributed by atoms with Crippen molar-refractivity contribution in [3.63, 3.8) is 0 Å². The minimum atomic E-state index is -0.599. The highest BCUT2D eigenvalue weighted by Crippen LogP contribution is 2.32. The van der Waals surface area contributed by atoms with Gasteiger partial charge in [-0.2, -0.15) is 4.98 Å². The molecule has 24 heavy (non-hydrogen) atoms. The molecule has 0 aromatic carbocycles. The van der Waals surface area contributed by atoms with E-state index in [1.54, 1.807) is 13.8 Å². The molecule has 0 unspecified atom stereocenters. The molecule has 0 bridgehead atoms. The Kier molecular flexibility index (Phi) is 4.87. The van der Waals surface area contributed by atoms with E-state index in [9.17, 15) is 9.59 Å². The molecule has 132 valence electrons. The molecule has 1 saturated heterocycles. The maximum Gasteiger partial charge on any atom is 0.312 e. The Balaban J connectivity index is 1.55. The quantitative estimate of drug-likeness (QED) is 0.786. The number of ether oxygens (including phenoxy) is 1. The summed E-state index contributed by atoms with van der Waals surface area (Å²) in [7, 11) is 0. The van der Waals surface area contributed by atoms with E-state index in [2.05, 4.69) is 17.1 Å². The number of hydrogen-bond donors (Lipinski definition) is 0. The first-order valence-electron chi connectivity index (χ1n) is 8.74. The van der Waals surface area contributed by atoms with Gasteiger partial charge < -0.3 is 14.2 Å². The maximum absolute atomic E-state index is 12.4. The molecule has 1 aliphatic heterocycles. The average molecular weight is 335 g/mol. The number of carbonyl (C=O) groups excluding carboxylic acids is 2. The molecule has 1 aromatic heterocycles. The lowest BCUT2D eigenvalue weighted by molar-refractivity contribution is -0.154. The summed E-state index contributed by atoms with van der Waals surface area (Å²) in [5, 5.41) is 3.69. The number of carbonyl (C=O) groups is 2. The third-order valence-corrected chi connectivity index (χ3v) is 5.10. The predicted molar refractivity (Wildman–Crippen MR) is 84.8 cm³/mol. The highest BCUT2D eigenvalue weighted by molar-refractivity contribution is 5.87. The molecule has 1 aliphatic carbocycles. The highest BCUT2D eigenvalue weighted by Gasteiger charge is 2.40. The largest absolute Gasteiger partial charge is 0.452 e. The molecule has 1 aromatic rings. The molecule has 0 N–H and O–H groups in total. The monoisotopic (exact) mass is 335 g/mol. The van der Waals surface area contributed by atoms with Crippen molar-refractivity contribution in [1.29, 1.82) is 0 Å². The Labute approximate surface area is 141 Å². The van der Waals surface area contributed by atoms with Crippen molar-refractivity contribution in [1.82, 2.24) is 15.0 Å². The molecule has 2 heterocycles. The number of hydrogen-bond acceptors (Lipinski definition) is 6. The summed E-state index contributed by atoms with van der Waals surface area (Å²) >= 11 is 0. The summed E-state index contributed by atoms with van der Waals surface area (Å²) in [6.45, 7) is 6.12. The zero-order valence-corrected chi connectivity index (χ0v) is 14.5. The van der Waals surface area contributed by atoms with Crippen LogP contribution < -0.4 is 0 Å². The van der Waals surface area contributed by atoms with Crippen LogP contribution >= 0.6 is 0 Å². The van der Waals surface area contributed by atoms with Crippen LogP contribution in [0.3, 0.4) is 0 Å². The molecular formula is C17H25N3O4. The molecule has 0 radical (unpaired) electrons. The second-order valence-corrected chi connectivity index (χ2v) is 7.12. The first kappa shape index (κ1) is 16.9. The van der Waals surface area contributed by atoms with Gasteiger partial charge in [-0.25, -0.2) is 0 Å². The van der Waals surface area contributed by atoms with E-state index in [1.165, 1.54) is 0 Å². The fourth-order valence-corrected chi connectivity index (χ4v) is 3.60. The van der Waals surface area contributed by atoms with Crippen LogP contribution in [0.5, 0.6) is 0 Å². The summed E-state index contributed by atoms with van der Waals surface area (Å²) in [6, 6.07) is 0.280. The van der Waals surface area contributed by atoms with Gasteiger partial charge >= 0.3 is 5.97 Å². The first-order valence-corrected chi connectivity index (χ1v) is 8.74. The van der Waals surface area contributed by atoms with Crippen molar-refractivity contribution in [3.05, 3.63) is 11.7 Å². The van der Waals surface area contributed by atoms with Crippen LogP contribution in [-0.4, -0.2) is 39.5 Å². The lowest BCUT2D eigenvalue weighted by atomic mass is 9.87. The summed E-state index contributed by atoms with van der Waals surface area (Å²) < 4.78 is 10.4. The van der Waals surface area contributed by atoms with Gasteiger partial charge in [0.15, 0.2) is 11.9 Å². The van der Waals surface area contributed by atoms with Gasteiger partial charge in [0.25, 0.3) is 5.89 Å². The van der Waals surface area contributed by atoms with Crippen LogP contribution in [0.15, 0.2) is 4.52 Å². The number of amides is 1. The van der Waals surface area contributed by atoms with Crippen molar-refractivity contribution in [2.24, 2.45) is 11.8 Å². The Morgan fingerprint density at radius 1 is 1.33 bits per heavy atom. The average Bonchev–Trinajstić information content (AvgIpc) is 3.14. The molecule has 2 atom stereocenters. The third-order valence-electron chi connectivity index (χ3n) is 5.10. The smallest absolute Gasteiger partial charge is 0.312 e. The lowest BCUT2D eigenvalue weighted by Crippen LogP contribution is -2.39. The molecule has 3 rings (SSSR count). The number of nitrogens with zero attached hydrogens (tertiary/aromatic N) is 3. The minimum absolute atomic E-state index is 0.0674. The second-order valence-electron chi connectivity index (χ2n) is 7.12. The number of rotatable bonds is 4. The van der Waals surface area contributed by atoms with Gasteiger partial charge in [0.1, 0.15) is 0 Å². The minimum Gasteiger partial charge on any atom is -0.452 e. The molecule has 0 spiro atoms. The Morgan fingerprint density at radius 3 is 2.67 bits per heavy atom. The van der Waals surface area contributed by atoms with Crippen molar-refractivity contribution < 1.29 is 18.8 Å². The van der Waals surface area contributed by atoms with Gasteiger partial charge in [0, 0.05) is 19.0 Å². The lowest BCUT2D eigenvalue weighted by Gasteiger charge is -2.33. The van der Waals surface area contributed by atoms with Crippen molar-refractivity contribution in [2.75, 3.05) is 6.54 Å². The molecule has 2 aliphatic rings. The van der Waals surface area contributed by atoms with E-state index >= 15 is 0 Å². The normalized spacial score (nSPS) is 28.9. The molecule has 7 nitrogen and oxygen atoms in total. The summed E-state index contributed by atoms with van der Waals surface area (Å²) in [4.78, 5) is 30.6. The Bertz CT molecular complexity index is 607. The van der Waals surface area contributed by atoms with Crippen LogP contribution in [0.4, 0.5) is 0 Å². The van der Waals surface area contributed by atoms with E-state index in [-0.39, 0.29) is 30.2 Å². The van der Waals surface area contributed by atoms with E-state index in [1.807, 2.05) is 4.90 Å². The summed E-state index contributed by atoms with van der Waals surface area (Å²) in [5.41, 5.74) is 0. The topological polar surface area (TPSA) is 85.5 Å². The van der Waals surface area contributed by atoms with E-state index in [0.29, 0.717) is 12.4 Å². The third kappa shape index (κ3) is 3.60. The molecule has 7 heteroatoms. The van der Waals surface area contributed by atoms with Gasteiger partial charge in [0.05, 0.1) is 5.92 Å². The summed E-state index contributed by atoms with van der Waals surface area (Å²) in [6.07, 6.45) is 4.01. The van der Waals surface area contributed by atoms with E-state index < -0.39 is 12.0 Å². The fourth-order valence-electron chi connectivity index (χ4n) is 3.60. The zero-order valence-electron chi connectivity index (χ0n) is 14.5. The zero-order chi connectivity index (χ0) is 17.3. The second kappa shape index (κ2) is 6.91. The first-order chi connectivity index (χ1) is 11.4. The predicted octanol–water partition coefficient (Wildman–Crippen LogP) is 2.41. The fraction of sp³-hybridized carbons (Fsp3) is 0.765. The van der Waals surface area contributed by atoms with Crippen LogP contribution in [0, 0.1) is 18.8 Å². The Morgan fingerprint density at radius 2 is 2.04 bits per heavy atom. The number of aryl methyl sites for hydroxylation is 1. The summed E-state index contributed by atoms with van der Waals surface area (Å²) in [5.74, 6) is 0.822. The van der Waals surface area contributed by atoms with Crippen LogP contribution in [-0.2, 0) is 14.3 Å².